The van der Waals surface area contributed by atoms with E-state index in [0.717, 1.165) is 0 Å². The van der Waals surface area contributed by atoms with Gasteiger partial charge >= 0.3 is 0 Å². The molecule has 0 saturated heterocycles. The highest BCUT2D eigenvalue weighted by atomic mass is 16.3. The molecule has 0 bridgehead atoms. The van der Waals surface area contributed by atoms with Crippen LogP contribution in [-0.2, 0) is 0 Å². The molecule has 0 atom stereocenters. The zero-order valence-corrected chi connectivity index (χ0v) is 11.9. The van der Waals surface area contributed by atoms with Gasteiger partial charge < -0.3 is 5.11 Å². The molecule has 2 aromatic carbocycles. The van der Waals surface area contributed by atoms with Gasteiger partial charge in [0, 0.05) is 16.7 Å². The van der Waals surface area contributed by atoms with Gasteiger partial charge in [-0.3, -0.25) is 14.4 Å². The number of nitriles is 1. The quantitative estimate of drug-likeness (QED) is 0.690. The number of Topliss-reactive ketones (excluding diaryl/α,β-unsaturated/α-hetero) is 3. The van der Waals surface area contributed by atoms with Crippen LogP contribution >= 0.6 is 0 Å². The fourth-order valence-electron chi connectivity index (χ4n) is 2.65. The second-order valence-corrected chi connectivity index (χ2v) is 5.35. The largest absolute Gasteiger partial charge is 0.374 e. The maximum Gasteiger partial charge on any atom is 0.203 e. The van der Waals surface area contributed by atoms with Crippen molar-refractivity contribution in [1.29, 1.82) is 5.26 Å². The highest BCUT2D eigenvalue weighted by Gasteiger charge is 2.52. The molecular weight excluding hydrogens is 294 g/mol. The number of ketones is 3. The van der Waals surface area contributed by atoms with E-state index in [4.69, 9.17) is 5.26 Å². The Morgan fingerprint density at radius 1 is 1.00 bits per heavy atom. The fraction of sp³-hybridized carbons (Fsp3) is 0.111. The van der Waals surface area contributed by atoms with Crippen LogP contribution in [0.1, 0.15) is 43.1 Å². The first-order valence-corrected chi connectivity index (χ1v) is 6.92. The third kappa shape index (κ3) is 2.26. The van der Waals surface area contributed by atoms with E-state index in [2.05, 4.69) is 0 Å². The van der Waals surface area contributed by atoms with Crippen LogP contribution < -0.4 is 0 Å². The summed E-state index contributed by atoms with van der Waals surface area (Å²) in [5.41, 5.74) is -1.47. The number of carbonyl (C=O) groups is 3. The number of nitrogens with zero attached hydrogens (tertiary/aromatic N) is 1. The molecule has 0 fully saturated rings. The zero-order chi connectivity index (χ0) is 16.6. The summed E-state index contributed by atoms with van der Waals surface area (Å²) in [6.07, 6.45) is -0.620. The van der Waals surface area contributed by atoms with E-state index in [0.29, 0.717) is 5.56 Å². The van der Waals surface area contributed by atoms with Crippen LogP contribution in [0.5, 0.6) is 0 Å². The van der Waals surface area contributed by atoms with E-state index in [9.17, 15) is 19.5 Å². The molecule has 1 N–H and O–H groups in total. The monoisotopic (exact) mass is 305 g/mol. The molecule has 1 aliphatic carbocycles. The van der Waals surface area contributed by atoms with E-state index in [1.54, 1.807) is 12.1 Å². The standard InChI is InChI=1S/C18H11NO4/c19-10-11-5-7-12(8-6-11)15(20)9-18(23)16(21)13-3-1-2-4-14(13)17(18)22/h1-8,23H,9H2. The number of hydrogen-bond donors (Lipinski definition) is 1. The summed E-state index contributed by atoms with van der Waals surface area (Å²) in [5, 5.41) is 19.3. The number of benzene rings is 2. The van der Waals surface area contributed by atoms with Crippen molar-refractivity contribution in [1.82, 2.24) is 0 Å². The van der Waals surface area contributed by atoms with Gasteiger partial charge in [-0.2, -0.15) is 5.26 Å². The van der Waals surface area contributed by atoms with Crippen molar-refractivity contribution in [2.75, 3.05) is 0 Å². The molecule has 5 nitrogen and oxygen atoms in total. The second-order valence-electron chi connectivity index (χ2n) is 5.35. The van der Waals surface area contributed by atoms with Crippen LogP contribution in [0, 0.1) is 11.3 Å². The van der Waals surface area contributed by atoms with Gasteiger partial charge in [-0.25, -0.2) is 0 Å². The molecule has 0 saturated carbocycles. The Kier molecular flexibility index (Phi) is 3.40. The van der Waals surface area contributed by atoms with E-state index in [1.807, 2.05) is 6.07 Å². The van der Waals surface area contributed by atoms with Crippen molar-refractivity contribution in [2.24, 2.45) is 0 Å². The lowest BCUT2D eigenvalue weighted by Crippen LogP contribution is -2.43. The van der Waals surface area contributed by atoms with Crippen LogP contribution in [0.3, 0.4) is 0 Å². The summed E-state index contributed by atoms with van der Waals surface area (Å²) >= 11 is 0. The Labute approximate surface area is 131 Å². The summed E-state index contributed by atoms with van der Waals surface area (Å²) in [6.45, 7) is 0. The number of carbonyl (C=O) groups excluding carboxylic acids is 3. The average molecular weight is 305 g/mol. The van der Waals surface area contributed by atoms with Gasteiger partial charge in [0.25, 0.3) is 0 Å². The van der Waals surface area contributed by atoms with Gasteiger partial charge in [-0.15, -0.1) is 0 Å². The summed E-state index contributed by atoms with van der Waals surface area (Å²) in [4.78, 5) is 37.0. The summed E-state index contributed by atoms with van der Waals surface area (Å²) in [7, 11) is 0. The molecule has 5 heteroatoms. The van der Waals surface area contributed by atoms with Crippen LogP contribution in [0.2, 0.25) is 0 Å². The van der Waals surface area contributed by atoms with E-state index >= 15 is 0 Å². The molecule has 0 aromatic heterocycles. The van der Waals surface area contributed by atoms with E-state index < -0.39 is 29.4 Å². The van der Waals surface area contributed by atoms with Gasteiger partial charge in [0.2, 0.25) is 11.6 Å². The minimum absolute atomic E-state index is 0.132. The average Bonchev–Trinajstić information content (AvgIpc) is 2.77. The Morgan fingerprint density at radius 2 is 1.52 bits per heavy atom. The Morgan fingerprint density at radius 3 is 2.00 bits per heavy atom. The van der Waals surface area contributed by atoms with Gasteiger partial charge in [0.1, 0.15) is 0 Å². The van der Waals surface area contributed by atoms with Crippen LogP contribution in [0.15, 0.2) is 48.5 Å². The van der Waals surface area contributed by atoms with Crippen molar-refractivity contribution in [3.63, 3.8) is 0 Å². The SMILES string of the molecule is N#Cc1ccc(C(=O)CC2(O)C(=O)c3ccccc3C2=O)cc1. The normalized spacial score (nSPS) is 15.1. The van der Waals surface area contributed by atoms with E-state index in [1.165, 1.54) is 36.4 Å². The first-order chi connectivity index (χ1) is 11.0. The summed E-state index contributed by atoms with van der Waals surface area (Å²) < 4.78 is 0. The maximum absolute atomic E-state index is 12.3. The topological polar surface area (TPSA) is 95.2 Å². The number of hydrogen-bond acceptors (Lipinski definition) is 5. The predicted molar refractivity (Wildman–Crippen MR) is 80.2 cm³/mol. The van der Waals surface area contributed by atoms with Gasteiger partial charge in [-0.1, -0.05) is 36.4 Å². The second kappa shape index (κ2) is 5.27. The van der Waals surface area contributed by atoms with Crippen LogP contribution in [0.25, 0.3) is 0 Å². The minimum atomic E-state index is -2.35. The Balaban J connectivity index is 1.90. The first-order valence-electron chi connectivity index (χ1n) is 6.92. The lowest BCUT2D eigenvalue weighted by molar-refractivity contribution is 0.0295. The molecule has 23 heavy (non-hydrogen) atoms. The molecule has 0 spiro atoms. The molecule has 2 aromatic rings. The summed E-state index contributed by atoms with van der Waals surface area (Å²) in [5.74, 6) is -2.04. The number of aliphatic hydroxyl groups is 1. The number of rotatable bonds is 3. The van der Waals surface area contributed by atoms with Crippen molar-refractivity contribution in [2.45, 2.75) is 12.0 Å². The van der Waals surface area contributed by atoms with Crippen molar-refractivity contribution in [3.05, 3.63) is 70.8 Å². The van der Waals surface area contributed by atoms with Crippen molar-refractivity contribution < 1.29 is 19.5 Å². The van der Waals surface area contributed by atoms with E-state index in [-0.39, 0.29) is 16.7 Å². The Bertz CT molecular complexity index is 840. The van der Waals surface area contributed by atoms with Crippen LogP contribution in [0.4, 0.5) is 0 Å². The lowest BCUT2D eigenvalue weighted by atomic mass is 9.89. The molecule has 0 unspecified atom stereocenters. The third-order valence-corrected chi connectivity index (χ3v) is 3.92. The smallest absolute Gasteiger partial charge is 0.203 e. The van der Waals surface area contributed by atoms with Crippen LogP contribution in [-0.4, -0.2) is 28.1 Å². The van der Waals surface area contributed by atoms with Crippen molar-refractivity contribution >= 4 is 17.3 Å². The molecule has 0 amide bonds. The minimum Gasteiger partial charge on any atom is -0.374 e. The Hall–Kier alpha value is -3.10. The highest BCUT2D eigenvalue weighted by Crippen LogP contribution is 2.33. The third-order valence-electron chi connectivity index (χ3n) is 3.92. The molecule has 112 valence electrons. The lowest BCUT2D eigenvalue weighted by Gasteiger charge is -2.18. The number of fused-ring (bicyclic) bond motifs is 1. The van der Waals surface area contributed by atoms with Gasteiger partial charge in [-0.05, 0) is 12.1 Å². The predicted octanol–water partition coefficient (Wildman–Crippen LogP) is 1.94. The molecule has 0 radical (unpaired) electrons. The highest BCUT2D eigenvalue weighted by molar-refractivity contribution is 6.33. The van der Waals surface area contributed by atoms with Gasteiger partial charge in [0.05, 0.1) is 18.1 Å². The molecule has 3 rings (SSSR count). The molecular formula is C18H11NO4. The fourth-order valence-corrected chi connectivity index (χ4v) is 2.65. The van der Waals surface area contributed by atoms with Crippen molar-refractivity contribution in [3.8, 4) is 6.07 Å². The molecule has 0 aliphatic heterocycles. The van der Waals surface area contributed by atoms with Gasteiger partial charge in [0.15, 0.2) is 11.4 Å². The molecule has 1 aliphatic rings. The zero-order valence-electron chi connectivity index (χ0n) is 11.9. The maximum atomic E-state index is 12.3. The molecule has 0 heterocycles. The summed E-state index contributed by atoms with van der Waals surface area (Å²) in [6, 6.07) is 13.8. The first kappa shape index (κ1) is 14.8.